The number of hydrogen-bond donors (Lipinski definition) is 1. The van der Waals surface area contributed by atoms with Crippen LogP contribution in [0.5, 0.6) is 5.75 Å². The molecule has 0 saturated carbocycles. The van der Waals surface area contributed by atoms with E-state index in [1.54, 1.807) is 0 Å². The van der Waals surface area contributed by atoms with Gasteiger partial charge in [0.25, 0.3) is 0 Å². The molecule has 0 saturated heterocycles. The molecule has 1 aromatic rings. The summed E-state index contributed by atoms with van der Waals surface area (Å²) in [4.78, 5) is 2.51. The lowest BCUT2D eigenvalue weighted by Gasteiger charge is -2.26. The zero-order valence-corrected chi connectivity index (χ0v) is 13.3. The summed E-state index contributed by atoms with van der Waals surface area (Å²) in [7, 11) is 0. The third-order valence-corrected chi connectivity index (χ3v) is 3.20. The van der Waals surface area contributed by atoms with Crippen molar-refractivity contribution in [3.8, 4) is 5.75 Å². The fraction of sp³-hybridized carbons (Fsp3) is 0.647. The van der Waals surface area contributed by atoms with E-state index in [9.17, 15) is 5.11 Å². The predicted octanol–water partition coefficient (Wildman–Crippen LogP) is 4.12. The third kappa shape index (κ3) is 5.23. The third-order valence-electron chi connectivity index (χ3n) is 3.20. The molecule has 0 spiro atoms. The Hall–Kier alpha value is -1.02. The average Bonchev–Trinajstić information content (AvgIpc) is 2.23. The second-order valence-electron chi connectivity index (χ2n) is 6.56. The van der Waals surface area contributed by atoms with Crippen molar-refractivity contribution in [3.63, 3.8) is 0 Å². The summed E-state index contributed by atoms with van der Waals surface area (Å²) >= 11 is 0. The average molecular weight is 263 g/mol. The minimum Gasteiger partial charge on any atom is -0.507 e. The van der Waals surface area contributed by atoms with Gasteiger partial charge in [0.15, 0.2) is 0 Å². The number of phenolic OH excluding ortho intramolecular Hbond substituents is 1. The van der Waals surface area contributed by atoms with Crippen molar-refractivity contribution in [1.29, 1.82) is 0 Å². The monoisotopic (exact) mass is 263 g/mol. The van der Waals surface area contributed by atoms with Crippen molar-refractivity contribution in [2.45, 2.75) is 48.1 Å². The van der Waals surface area contributed by atoms with Crippen molar-refractivity contribution in [1.82, 2.24) is 4.90 Å². The van der Waals surface area contributed by atoms with Crippen LogP contribution in [-0.4, -0.2) is 23.1 Å². The van der Waals surface area contributed by atoms with E-state index in [1.807, 2.05) is 13.8 Å². The Labute approximate surface area is 118 Å². The number of hydrogen-bond acceptors (Lipinski definition) is 2. The molecule has 108 valence electrons. The Kier molecular flexibility index (Phi) is 5.86. The Morgan fingerprint density at radius 2 is 1.37 bits per heavy atom. The molecule has 0 aromatic heterocycles. The standard InChI is InChI=1S/C17H29NO/c1-12(2)9-18(10-13(3)4)11-16-7-14(5)17(19)15(6)8-16/h7-8,12-13,19H,9-11H2,1-6H3. The van der Waals surface area contributed by atoms with E-state index in [0.717, 1.165) is 30.8 Å². The first-order chi connectivity index (χ1) is 8.79. The lowest BCUT2D eigenvalue weighted by atomic mass is 10.0. The van der Waals surface area contributed by atoms with Crippen LogP contribution in [0, 0.1) is 25.7 Å². The first-order valence-electron chi connectivity index (χ1n) is 7.31. The predicted molar refractivity (Wildman–Crippen MR) is 82.5 cm³/mol. The minimum atomic E-state index is 0.433. The highest BCUT2D eigenvalue weighted by Gasteiger charge is 2.12. The van der Waals surface area contributed by atoms with Crippen LogP contribution in [0.2, 0.25) is 0 Å². The Morgan fingerprint density at radius 1 is 0.947 bits per heavy atom. The first kappa shape index (κ1) is 16.0. The van der Waals surface area contributed by atoms with Crippen LogP contribution in [0.25, 0.3) is 0 Å². The molecule has 1 rings (SSSR count). The van der Waals surface area contributed by atoms with Crippen LogP contribution in [-0.2, 0) is 6.54 Å². The maximum atomic E-state index is 9.84. The normalized spacial score (nSPS) is 11.8. The molecule has 0 atom stereocenters. The van der Waals surface area contributed by atoms with E-state index in [0.29, 0.717) is 17.6 Å². The molecule has 0 aliphatic carbocycles. The Morgan fingerprint density at radius 3 is 1.74 bits per heavy atom. The molecule has 0 bridgehead atoms. The van der Waals surface area contributed by atoms with Crippen LogP contribution in [0.15, 0.2) is 12.1 Å². The summed E-state index contributed by atoms with van der Waals surface area (Å²) in [5.74, 6) is 1.79. The lowest BCUT2D eigenvalue weighted by Crippen LogP contribution is -2.31. The molecule has 0 unspecified atom stereocenters. The van der Waals surface area contributed by atoms with E-state index in [-0.39, 0.29) is 0 Å². The van der Waals surface area contributed by atoms with Gasteiger partial charge >= 0.3 is 0 Å². The summed E-state index contributed by atoms with van der Waals surface area (Å²) in [6, 6.07) is 4.21. The molecule has 1 aromatic carbocycles. The van der Waals surface area contributed by atoms with Crippen molar-refractivity contribution < 1.29 is 5.11 Å². The topological polar surface area (TPSA) is 23.5 Å². The van der Waals surface area contributed by atoms with Crippen LogP contribution in [0.1, 0.15) is 44.4 Å². The van der Waals surface area contributed by atoms with Gasteiger partial charge in [-0.05, 0) is 42.4 Å². The SMILES string of the molecule is Cc1cc(CN(CC(C)C)CC(C)C)cc(C)c1O. The molecule has 1 N–H and O–H groups in total. The molecule has 0 radical (unpaired) electrons. The van der Waals surface area contributed by atoms with Gasteiger partial charge in [0.2, 0.25) is 0 Å². The molecule has 0 amide bonds. The van der Waals surface area contributed by atoms with E-state index in [2.05, 4.69) is 44.7 Å². The van der Waals surface area contributed by atoms with Crippen LogP contribution in [0.4, 0.5) is 0 Å². The number of nitrogens with zero attached hydrogens (tertiary/aromatic N) is 1. The van der Waals surface area contributed by atoms with Gasteiger partial charge in [-0.3, -0.25) is 4.90 Å². The molecule has 0 aliphatic rings. The summed E-state index contributed by atoms with van der Waals surface area (Å²) in [6.45, 7) is 16.2. The number of benzene rings is 1. The molecule has 0 fully saturated rings. The number of aryl methyl sites for hydroxylation is 2. The second-order valence-corrected chi connectivity index (χ2v) is 6.56. The van der Waals surface area contributed by atoms with Gasteiger partial charge in [-0.25, -0.2) is 0 Å². The number of aromatic hydroxyl groups is 1. The highest BCUT2D eigenvalue weighted by molar-refractivity contribution is 5.42. The zero-order valence-electron chi connectivity index (χ0n) is 13.3. The van der Waals surface area contributed by atoms with Gasteiger partial charge in [0.05, 0.1) is 0 Å². The van der Waals surface area contributed by atoms with Crippen LogP contribution >= 0.6 is 0 Å². The fourth-order valence-electron chi connectivity index (χ4n) is 2.63. The summed E-state index contributed by atoms with van der Waals surface area (Å²) in [5, 5.41) is 9.84. The van der Waals surface area contributed by atoms with E-state index >= 15 is 0 Å². The molecule has 0 aliphatic heterocycles. The molecule has 0 heterocycles. The first-order valence-corrected chi connectivity index (χ1v) is 7.31. The summed E-state index contributed by atoms with van der Waals surface area (Å²) in [5.41, 5.74) is 3.25. The van der Waals surface area contributed by atoms with Crippen molar-refractivity contribution in [2.24, 2.45) is 11.8 Å². The molecule has 19 heavy (non-hydrogen) atoms. The smallest absolute Gasteiger partial charge is 0.121 e. The molecule has 2 heteroatoms. The van der Waals surface area contributed by atoms with Crippen molar-refractivity contribution >= 4 is 0 Å². The van der Waals surface area contributed by atoms with E-state index in [4.69, 9.17) is 0 Å². The van der Waals surface area contributed by atoms with Crippen molar-refractivity contribution in [2.75, 3.05) is 13.1 Å². The van der Waals surface area contributed by atoms with Gasteiger partial charge in [0.1, 0.15) is 5.75 Å². The highest BCUT2D eigenvalue weighted by atomic mass is 16.3. The van der Waals surface area contributed by atoms with Crippen LogP contribution < -0.4 is 0 Å². The van der Waals surface area contributed by atoms with Gasteiger partial charge in [-0.2, -0.15) is 0 Å². The van der Waals surface area contributed by atoms with E-state index in [1.165, 1.54) is 5.56 Å². The molecular weight excluding hydrogens is 234 g/mol. The lowest BCUT2D eigenvalue weighted by molar-refractivity contribution is 0.211. The molecule has 2 nitrogen and oxygen atoms in total. The number of rotatable bonds is 6. The largest absolute Gasteiger partial charge is 0.507 e. The summed E-state index contributed by atoms with van der Waals surface area (Å²) in [6.07, 6.45) is 0. The Balaban J connectivity index is 2.83. The quantitative estimate of drug-likeness (QED) is 0.834. The van der Waals surface area contributed by atoms with Gasteiger partial charge in [-0.15, -0.1) is 0 Å². The van der Waals surface area contributed by atoms with Crippen LogP contribution in [0.3, 0.4) is 0 Å². The maximum Gasteiger partial charge on any atom is 0.121 e. The number of phenols is 1. The fourth-order valence-corrected chi connectivity index (χ4v) is 2.63. The van der Waals surface area contributed by atoms with Gasteiger partial charge in [-0.1, -0.05) is 39.8 Å². The highest BCUT2D eigenvalue weighted by Crippen LogP contribution is 2.24. The zero-order chi connectivity index (χ0) is 14.6. The minimum absolute atomic E-state index is 0.433. The maximum absolute atomic E-state index is 9.84. The molecular formula is C17H29NO. The van der Waals surface area contributed by atoms with Gasteiger partial charge in [0, 0.05) is 19.6 Å². The second kappa shape index (κ2) is 6.95. The Bertz CT molecular complexity index is 377. The van der Waals surface area contributed by atoms with Crippen molar-refractivity contribution in [3.05, 3.63) is 28.8 Å². The van der Waals surface area contributed by atoms with E-state index < -0.39 is 0 Å². The van der Waals surface area contributed by atoms with Gasteiger partial charge < -0.3 is 5.11 Å². The summed E-state index contributed by atoms with van der Waals surface area (Å²) < 4.78 is 0.